The normalized spacial score (nSPS) is 11.4. The van der Waals surface area contributed by atoms with Crippen LogP contribution in [-0.2, 0) is 19.0 Å². The largest absolute Gasteiger partial charge is 0.497 e. The molecule has 1 heterocycles. The third kappa shape index (κ3) is 4.33. The predicted molar refractivity (Wildman–Crippen MR) is 103 cm³/mol. The molecule has 4 nitrogen and oxygen atoms in total. The predicted octanol–water partition coefficient (Wildman–Crippen LogP) is 4.31. The summed E-state index contributed by atoms with van der Waals surface area (Å²) in [6.45, 7) is 2.89. The molecule has 0 radical (unpaired) electrons. The Balaban J connectivity index is 1.64. The quantitative estimate of drug-likeness (QED) is 0.563. The van der Waals surface area contributed by atoms with Gasteiger partial charge in [-0.25, -0.2) is 4.98 Å². The molecule has 0 aliphatic heterocycles. The molecule has 2 aromatic carbocycles. The first kappa shape index (κ1) is 17.8. The van der Waals surface area contributed by atoms with E-state index in [1.807, 2.05) is 12.1 Å². The molecule has 3 rings (SSSR count). The Morgan fingerprint density at radius 3 is 2.68 bits per heavy atom. The van der Waals surface area contributed by atoms with Gasteiger partial charge in [-0.3, -0.25) is 0 Å². The molecule has 0 bridgehead atoms. The van der Waals surface area contributed by atoms with Crippen molar-refractivity contribution in [2.24, 2.45) is 0 Å². The van der Waals surface area contributed by atoms with Gasteiger partial charge in [0.25, 0.3) is 0 Å². The highest BCUT2D eigenvalue weighted by Gasteiger charge is 2.11. The van der Waals surface area contributed by atoms with Crippen molar-refractivity contribution in [3.8, 4) is 5.75 Å². The monoisotopic (exact) mass is 357 g/mol. The summed E-state index contributed by atoms with van der Waals surface area (Å²) in [5.41, 5.74) is 3.39. The number of fused-ring (bicyclic) bond motifs is 1. The first-order chi connectivity index (χ1) is 12.2. The van der Waals surface area contributed by atoms with Crippen LogP contribution < -0.4 is 4.74 Å². The maximum absolute atomic E-state index is 6.10. The Labute approximate surface area is 154 Å². The topological polar surface area (TPSA) is 30.3 Å². The lowest BCUT2D eigenvalue weighted by Crippen LogP contribution is -2.20. The molecule has 0 atom stereocenters. The van der Waals surface area contributed by atoms with Crippen LogP contribution in [0.5, 0.6) is 5.75 Å². The van der Waals surface area contributed by atoms with Gasteiger partial charge in [-0.05, 0) is 37.7 Å². The lowest BCUT2D eigenvalue weighted by molar-refractivity contribution is 0.314. The lowest BCUT2D eigenvalue weighted by atomic mass is 10.2. The van der Waals surface area contributed by atoms with Gasteiger partial charge in [-0.1, -0.05) is 30.3 Å². The van der Waals surface area contributed by atoms with E-state index in [1.54, 1.807) is 7.11 Å². The van der Waals surface area contributed by atoms with Crippen LogP contribution in [0.2, 0.25) is 0 Å². The van der Waals surface area contributed by atoms with Crippen LogP contribution in [0, 0.1) is 0 Å². The highest BCUT2D eigenvalue weighted by Crippen LogP contribution is 2.23. The van der Waals surface area contributed by atoms with E-state index < -0.39 is 0 Å². The Morgan fingerprint density at radius 2 is 1.96 bits per heavy atom. The van der Waals surface area contributed by atoms with E-state index in [1.165, 1.54) is 5.56 Å². The molecule has 0 aliphatic rings. The van der Waals surface area contributed by atoms with Crippen molar-refractivity contribution in [1.29, 1.82) is 0 Å². The van der Waals surface area contributed by atoms with Gasteiger partial charge in [0, 0.05) is 19.2 Å². The number of hydrogen-bond donors (Lipinski definition) is 0. The second kappa shape index (κ2) is 8.37. The second-order valence-electron chi connectivity index (χ2n) is 6.24. The van der Waals surface area contributed by atoms with Crippen LogP contribution in [0.3, 0.4) is 0 Å². The average molecular weight is 358 g/mol. The van der Waals surface area contributed by atoms with E-state index in [-0.39, 0.29) is 0 Å². The summed E-state index contributed by atoms with van der Waals surface area (Å²) in [6.07, 6.45) is 1.05. The first-order valence-corrected chi connectivity index (χ1v) is 9.06. The number of nitrogens with zero attached hydrogens (tertiary/aromatic N) is 3. The minimum absolute atomic E-state index is 0.414. The van der Waals surface area contributed by atoms with Crippen molar-refractivity contribution in [3.63, 3.8) is 0 Å². The van der Waals surface area contributed by atoms with E-state index >= 15 is 0 Å². The number of aromatic nitrogens is 2. The summed E-state index contributed by atoms with van der Waals surface area (Å²) in [6, 6.07) is 16.5. The zero-order valence-electron chi connectivity index (χ0n) is 14.8. The molecule has 0 unspecified atom stereocenters. The smallest absolute Gasteiger partial charge is 0.124 e. The van der Waals surface area contributed by atoms with Gasteiger partial charge in [-0.15, -0.1) is 11.6 Å². The molecule has 5 heteroatoms. The molecule has 0 fully saturated rings. The SMILES string of the molecule is COc1ccc2c(c1)nc(CCl)n2CCCN(C)Cc1ccccc1. The summed E-state index contributed by atoms with van der Waals surface area (Å²) in [7, 11) is 3.83. The number of ether oxygens (including phenoxy) is 1. The van der Waals surface area contributed by atoms with Crippen LogP contribution in [0.4, 0.5) is 0 Å². The van der Waals surface area contributed by atoms with E-state index in [0.29, 0.717) is 5.88 Å². The van der Waals surface area contributed by atoms with Gasteiger partial charge in [0.05, 0.1) is 24.0 Å². The van der Waals surface area contributed by atoms with Crippen LogP contribution in [0.25, 0.3) is 11.0 Å². The summed E-state index contributed by atoms with van der Waals surface area (Å²) in [5, 5.41) is 0. The first-order valence-electron chi connectivity index (χ1n) is 8.53. The highest BCUT2D eigenvalue weighted by atomic mass is 35.5. The van der Waals surface area contributed by atoms with Crippen LogP contribution in [0.15, 0.2) is 48.5 Å². The molecule has 0 saturated heterocycles. The molecule has 0 N–H and O–H groups in total. The van der Waals surface area contributed by atoms with Crippen molar-refractivity contribution in [3.05, 3.63) is 59.9 Å². The number of benzene rings is 2. The van der Waals surface area contributed by atoms with E-state index in [4.69, 9.17) is 16.3 Å². The number of rotatable bonds is 8. The summed E-state index contributed by atoms with van der Waals surface area (Å²) < 4.78 is 7.51. The minimum Gasteiger partial charge on any atom is -0.497 e. The van der Waals surface area contributed by atoms with Crippen LogP contribution in [0.1, 0.15) is 17.8 Å². The van der Waals surface area contributed by atoms with Gasteiger partial charge in [-0.2, -0.15) is 0 Å². The molecular formula is C20H24ClN3O. The molecule has 0 saturated carbocycles. The van der Waals surface area contributed by atoms with Gasteiger partial charge in [0.15, 0.2) is 0 Å². The van der Waals surface area contributed by atoms with Crippen molar-refractivity contribution >= 4 is 22.6 Å². The fourth-order valence-electron chi connectivity index (χ4n) is 3.11. The molecular weight excluding hydrogens is 334 g/mol. The van der Waals surface area contributed by atoms with Crippen molar-refractivity contribution in [2.75, 3.05) is 20.7 Å². The van der Waals surface area contributed by atoms with Crippen LogP contribution >= 0.6 is 11.6 Å². The lowest BCUT2D eigenvalue weighted by Gasteiger charge is -2.17. The Hall–Kier alpha value is -2.04. The van der Waals surface area contributed by atoms with E-state index in [2.05, 4.69) is 57.9 Å². The highest BCUT2D eigenvalue weighted by molar-refractivity contribution is 6.16. The van der Waals surface area contributed by atoms with Gasteiger partial charge in [0.2, 0.25) is 0 Å². The Morgan fingerprint density at radius 1 is 1.16 bits per heavy atom. The van der Waals surface area contributed by atoms with Crippen molar-refractivity contribution < 1.29 is 4.74 Å². The van der Waals surface area contributed by atoms with E-state index in [9.17, 15) is 0 Å². The van der Waals surface area contributed by atoms with Crippen LogP contribution in [-0.4, -0.2) is 35.2 Å². The van der Waals surface area contributed by atoms with Gasteiger partial charge >= 0.3 is 0 Å². The Kier molecular flexibility index (Phi) is 5.95. The fraction of sp³-hybridized carbons (Fsp3) is 0.350. The molecule has 0 aliphatic carbocycles. The second-order valence-corrected chi connectivity index (χ2v) is 6.51. The van der Waals surface area contributed by atoms with Gasteiger partial charge in [0.1, 0.15) is 11.6 Å². The van der Waals surface area contributed by atoms with Crippen molar-refractivity contribution in [1.82, 2.24) is 14.5 Å². The summed E-state index contributed by atoms with van der Waals surface area (Å²) >= 11 is 6.10. The molecule has 25 heavy (non-hydrogen) atoms. The summed E-state index contributed by atoms with van der Waals surface area (Å²) in [5.74, 6) is 2.15. The number of alkyl halides is 1. The number of methoxy groups -OCH3 is 1. The fourth-order valence-corrected chi connectivity index (χ4v) is 3.31. The maximum atomic E-state index is 6.10. The maximum Gasteiger partial charge on any atom is 0.124 e. The molecule has 0 amide bonds. The number of halogens is 1. The molecule has 132 valence electrons. The van der Waals surface area contributed by atoms with Crippen molar-refractivity contribution in [2.45, 2.75) is 25.4 Å². The zero-order chi connectivity index (χ0) is 17.6. The standard InChI is InChI=1S/C20H24ClN3O/c1-23(15-16-7-4-3-5-8-16)11-6-12-24-19-10-9-17(25-2)13-18(19)22-20(24)14-21/h3-5,7-10,13H,6,11-12,14-15H2,1-2H3. The van der Waals surface area contributed by atoms with Gasteiger partial charge < -0.3 is 14.2 Å². The zero-order valence-corrected chi connectivity index (χ0v) is 15.5. The summed E-state index contributed by atoms with van der Waals surface area (Å²) in [4.78, 5) is 6.99. The number of imidazole rings is 1. The molecule has 1 aromatic heterocycles. The Bertz CT molecular complexity index is 816. The number of aryl methyl sites for hydroxylation is 1. The molecule has 3 aromatic rings. The minimum atomic E-state index is 0.414. The third-order valence-corrected chi connectivity index (χ3v) is 4.61. The molecule has 0 spiro atoms. The average Bonchev–Trinajstić information content (AvgIpc) is 2.99. The van der Waals surface area contributed by atoms with E-state index in [0.717, 1.165) is 48.7 Å². The number of hydrogen-bond acceptors (Lipinski definition) is 3. The third-order valence-electron chi connectivity index (χ3n) is 4.37.